The Labute approximate surface area is 200 Å². The van der Waals surface area contributed by atoms with E-state index >= 15 is 0 Å². The number of carbonyl (C=O) groups is 1. The zero-order valence-electron chi connectivity index (χ0n) is 18.2. The van der Waals surface area contributed by atoms with Gasteiger partial charge in [-0.2, -0.15) is 18.3 Å². The summed E-state index contributed by atoms with van der Waals surface area (Å²) in [5.74, 6) is 0.142. The van der Waals surface area contributed by atoms with Gasteiger partial charge in [0.15, 0.2) is 5.69 Å². The number of hydrogen-bond donors (Lipinski definition) is 1. The Kier molecular flexibility index (Phi) is 6.34. The molecule has 3 aromatic carbocycles. The number of aryl methyl sites for hydroxylation is 1. The molecule has 5 nitrogen and oxygen atoms in total. The zero-order valence-corrected chi connectivity index (χ0v) is 18.9. The highest BCUT2D eigenvalue weighted by Crippen LogP contribution is 2.35. The van der Waals surface area contributed by atoms with Crippen LogP contribution in [0.4, 0.5) is 18.9 Å². The fourth-order valence-electron chi connectivity index (χ4n) is 3.48. The molecule has 0 atom stereocenters. The first-order valence-electron chi connectivity index (χ1n) is 10.2. The van der Waals surface area contributed by atoms with Crippen LogP contribution in [0.5, 0.6) is 5.75 Å². The summed E-state index contributed by atoms with van der Waals surface area (Å²) in [4.78, 5) is 12.8. The van der Waals surface area contributed by atoms with Gasteiger partial charge < -0.3 is 10.1 Å². The van der Waals surface area contributed by atoms with Crippen molar-refractivity contribution in [1.82, 2.24) is 9.78 Å². The largest absolute Gasteiger partial charge is 0.495 e. The highest BCUT2D eigenvalue weighted by Gasteiger charge is 2.35. The van der Waals surface area contributed by atoms with Gasteiger partial charge in [0.2, 0.25) is 0 Å². The molecular formula is C25H21ClF3N3O2. The maximum atomic E-state index is 13.4. The number of methoxy groups -OCH3 is 1. The summed E-state index contributed by atoms with van der Waals surface area (Å²) >= 11 is 6.22. The minimum atomic E-state index is -4.63. The highest BCUT2D eigenvalue weighted by atomic mass is 35.5. The van der Waals surface area contributed by atoms with E-state index in [-0.39, 0.29) is 18.1 Å². The lowest BCUT2D eigenvalue weighted by Gasteiger charge is -2.13. The number of anilines is 1. The van der Waals surface area contributed by atoms with Gasteiger partial charge in [-0.15, -0.1) is 0 Å². The summed E-state index contributed by atoms with van der Waals surface area (Å²) in [5.41, 5.74) is 1.59. The molecule has 176 valence electrons. The van der Waals surface area contributed by atoms with Crippen LogP contribution in [0.25, 0.3) is 16.9 Å². The first kappa shape index (κ1) is 23.4. The average molecular weight is 488 g/mol. The van der Waals surface area contributed by atoms with E-state index < -0.39 is 11.9 Å². The third-order valence-electron chi connectivity index (χ3n) is 5.22. The number of para-hydroxylation sites is 2. The van der Waals surface area contributed by atoms with Gasteiger partial charge in [0, 0.05) is 12.6 Å². The number of carbonyl (C=O) groups excluding carboxylic acids is 1. The molecule has 0 saturated carbocycles. The number of nitrogens with zero attached hydrogens (tertiary/aromatic N) is 2. The van der Waals surface area contributed by atoms with Crippen molar-refractivity contribution in [2.45, 2.75) is 13.1 Å². The molecule has 0 aliphatic carbocycles. The monoisotopic (exact) mass is 487 g/mol. The van der Waals surface area contributed by atoms with Crippen molar-refractivity contribution in [3.05, 3.63) is 94.6 Å². The molecule has 0 bridgehead atoms. The number of hydrogen-bond acceptors (Lipinski definition) is 3. The Bertz CT molecular complexity index is 1360. The van der Waals surface area contributed by atoms with E-state index in [1.807, 2.05) is 19.1 Å². The summed E-state index contributed by atoms with van der Waals surface area (Å²) in [6.07, 6.45) is -4.63. The molecule has 0 aliphatic heterocycles. The van der Waals surface area contributed by atoms with Crippen LogP contribution in [0, 0.1) is 6.92 Å². The first-order valence-corrected chi connectivity index (χ1v) is 10.5. The Morgan fingerprint density at radius 3 is 2.41 bits per heavy atom. The van der Waals surface area contributed by atoms with Gasteiger partial charge in [0.05, 0.1) is 29.2 Å². The van der Waals surface area contributed by atoms with E-state index in [9.17, 15) is 18.0 Å². The SMILES string of the molecule is COc1cccc(C)c1NC(=O)c1ccc(-c2cc(C(F)(F)F)nn2-c2ccccc2Cl)cc1.[HH]. The van der Waals surface area contributed by atoms with Gasteiger partial charge in [0.25, 0.3) is 5.91 Å². The van der Waals surface area contributed by atoms with Crippen LogP contribution >= 0.6 is 11.6 Å². The molecule has 0 spiro atoms. The Morgan fingerprint density at radius 2 is 1.76 bits per heavy atom. The van der Waals surface area contributed by atoms with Crippen molar-refractivity contribution in [1.29, 1.82) is 0 Å². The van der Waals surface area contributed by atoms with Crippen LogP contribution in [0.2, 0.25) is 5.02 Å². The van der Waals surface area contributed by atoms with Crippen LogP contribution < -0.4 is 10.1 Å². The first-order chi connectivity index (χ1) is 16.2. The van der Waals surface area contributed by atoms with E-state index in [0.29, 0.717) is 28.3 Å². The lowest BCUT2D eigenvalue weighted by molar-refractivity contribution is -0.141. The molecular weight excluding hydrogens is 467 g/mol. The summed E-state index contributed by atoms with van der Waals surface area (Å²) in [6, 6.07) is 19.0. The van der Waals surface area contributed by atoms with E-state index in [4.69, 9.17) is 16.3 Å². The zero-order chi connectivity index (χ0) is 24.5. The van der Waals surface area contributed by atoms with Gasteiger partial charge in [-0.3, -0.25) is 4.79 Å². The number of halogens is 4. The Balaban J connectivity index is 0.00000342. The van der Waals surface area contributed by atoms with Crippen molar-refractivity contribution in [2.75, 3.05) is 12.4 Å². The van der Waals surface area contributed by atoms with Crippen LogP contribution in [0.1, 0.15) is 23.0 Å². The van der Waals surface area contributed by atoms with E-state index in [1.165, 1.54) is 19.2 Å². The number of ether oxygens (including phenoxy) is 1. The smallest absolute Gasteiger partial charge is 0.435 e. The fraction of sp³-hybridized carbons (Fsp3) is 0.120. The Hall–Kier alpha value is -3.78. The van der Waals surface area contributed by atoms with Gasteiger partial charge in [-0.05, 0) is 48.9 Å². The van der Waals surface area contributed by atoms with Crippen molar-refractivity contribution >= 4 is 23.2 Å². The number of rotatable bonds is 5. The van der Waals surface area contributed by atoms with Crippen molar-refractivity contribution < 1.29 is 24.1 Å². The fourth-order valence-corrected chi connectivity index (χ4v) is 3.70. The molecule has 1 aromatic heterocycles. The second kappa shape index (κ2) is 9.23. The molecule has 1 amide bonds. The van der Waals surface area contributed by atoms with Crippen molar-refractivity contribution in [3.63, 3.8) is 0 Å². The standard InChI is InChI=1S/C25H19ClF3N3O2.H2/c1-15-6-5-9-21(34-2)23(15)30-24(33)17-12-10-16(11-13-17)20-14-22(25(27,28)29)31-32(20)19-8-4-3-7-18(19)26;/h3-14H,1-2H3,(H,30,33);1H. The summed E-state index contributed by atoms with van der Waals surface area (Å²) in [6.45, 7) is 1.84. The lowest BCUT2D eigenvalue weighted by Crippen LogP contribution is -2.13. The molecule has 0 aliphatic rings. The van der Waals surface area contributed by atoms with Gasteiger partial charge in [0.1, 0.15) is 5.75 Å². The average Bonchev–Trinajstić information content (AvgIpc) is 3.26. The third-order valence-corrected chi connectivity index (χ3v) is 5.54. The molecule has 0 saturated heterocycles. The summed E-state index contributed by atoms with van der Waals surface area (Å²) < 4.78 is 46.7. The normalized spacial score (nSPS) is 11.4. The highest BCUT2D eigenvalue weighted by molar-refractivity contribution is 6.32. The van der Waals surface area contributed by atoms with Crippen LogP contribution in [-0.2, 0) is 6.18 Å². The number of alkyl halides is 3. The van der Waals surface area contributed by atoms with Gasteiger partial charge in [-0.25, -0.2) is 4.68 Å². The number of aromatic nitrogens is 2. The molecule has 34 heavy (non-hydrogen) atoms. The van der Waals surface area contributed by atoms with Crippen molar-refractivity contribution in [3.8, 4) is 22.7 Å². The summed E-state index contributed by atoms with van der Waals surface area (Å²) in [5, 5.41) is 6.82. The maximum absolute atomic E-state index is 13.4. The van der Waals surface area contributed by atoms with Crippen molar-refractivity contribution in [2.24, 2.45) is 0 Å². The molecule has 9 heteroatoms. The predicted molar refractivity (Wildman–Crippen MR) is 127 cm³/mol. The topological polar surface area (TPSA) is 56.1 Å². The number of amides is 1. The third kappa shape index (κ3) is 4.63. The summed E-state index contributed by atoms with van der Waals surface area (Å²) in [7, 11) is 1.51. The predicted octanol–water partition coefficient (Wildman–Crippen LogP) is 7.03. The minimum absolute atomic E-state index is 0. The van der Waals surface area contributed by atoms with Gasteiger partial charge >= 0.3 is 6.18 Å². The molecule has 0 fully saturated rings. The molecule has 0 radical (unpaired) electrons. The van der Waals surface area contributed by atoms with E-state index in [1.54, 1.807) is 42.5 Å². The maximum Gasteiger partial charge on any atom is 0.435 e. The molecule has 1 N–H and O–H groups in total. The molecule has 1 heterocycles. The lowest BCUT2D eigenvalue weighted by atomic mass is 10.1. The number of benzene rings is 3. The van der Waals surface area contributed by atoms with Crippen LogP contribution in [0.15, 0.2) is 72.8 Å². The Morgan fingerprint density at radius 1 is 1.06 bits per heavy atom. The molecule has 4 rings (SSSR count). The minimum Gasteiger partial charge on any atom is -0.495 e. The second-order valence-electron chi connectivity index (χ2n) is 7.46. The molecule has 4 aromatic rings. The quantitative estimate of drug-likeness (QED) is 0.329. The number of nitrogens with one attached hydrogen (secondary N) is 1. The van der Waals surface area contributed by atoms with E-state index in [0.717, 1.165) is 16.3 Å². The van der Waals surface area contributed by atoms with E-state index in [2.05, 4.69) is 10.4 Å². The van der Waals surface area contributed by atoms with Crippen LogP contribution in [0.3, 0.4) is 0 Å². The van der Waals surface area contributed by atoms with Gasteiger partial charge in [-0.1, -0.05) is 48.0 Å². The second-order valence-corrected chi connectivity index (χ2v) is 7.87. The molecule has 0 unspecified atom stereocenters. The van der Waals surface area contributed by atoms with Crippen LogP contribution in [-0.4, -0.2) is 22.8 Å².